The Morgan fingerprint density at radius 2 is 2.11 bits per heavy atom. The molecule has 0 radical (unpaired) electrons. The third-order valence-electron chi connectivity index (χ3n) is 2.40. The first-order valence-corrected chi connectivity index (χ1v) is 6.20. The Hall–Kier alpha value is -2.28. The summed E-state index contributed by atoms with van der Waals surface area (Å²) in [4.78, 5) is 26.7. The van der Waals surface area contributed by atoms with Crippen LogP contribution < -0.4 is 5.32 Å². The molecule has 2 N–H and O–H groups in total. The number of carboxylic acids is 1. The van der Waals surface area contributed by atoms with Crippen LogP contribution in [0.1, 0.15) is 22.1 Å². The molecule has 1 amide bonds. The van der Waals surface area contributed by atoms with Crippen molar-refractivity contribution in [3.05, 3.63) is 52.2 Å². The van der Waals surface area contributed by atoms with E-state index in [9.17, 15) is 14.0 Å². The number of carbonyl (C=O) groups excluding carboxylic acids is 1. The Labute approximate surface area is 111 Å². The number of rotatable bonds is 4. The molecule has 0 saturated carbocycles. The maximum Gasteiger partial charge on any atom is 0.331 e. The highest BCUT2D eigenvalue weighted by Crippen LogP contribution is 2.17. The van der Waals surface area contributed by atoms with E-state index < -0.39 is 23.7 Å². The second-order valence-corrected chi connectivity index (χ2v) is 4.36. The molecule has 0 saturated heterocycles. The molecule has 0 aliphatic carbocycles. The smallest absolute Gasteiger partial charge is 0.331 e. The summed E-state index contributed by atoms with van der Waals surface area (Å²) in [5.41, 5.74) is 1.46. The highest BCUT2D eigenvalue weighted by atomic mass is 32.1. The summed E-state index contributed by atoms with van der Waals surface area (Å²) in [5, 5.41) is 12.8. The van der Waals surface area contributed by atoms with Crippen molar-refractivity contribution in [2.75, 3.05) is 0 Å². The van der Waals surface area contributed by atoms with Crippen LogP contribution in [0.25, 0.3) is 0 Å². The number of nitrogens with zero attached hydrogens (tertiary/aromatic N) is 1. The van der Waals surface area contributed by atoms with E-state index in [2.05, 4.69) is 10.3 Å². The summed E-state index contributed by atoms with van der Waals surface area (Å²) in [6.07, 6.45) is 0. The molecule has 0 aliphatic rings. The van der Waals surface area contributed by atoms with E-state index >= 15 is 0 Å². The number of aromatic nitrogens is 1. The Morgan fingerprint density at radius 3 is 2.68 bits per heavy atom. The van der Waals surface area contributed by atoms with Crippen LogP contribution in [0.3, 0.4) is 0 Å². The number of benzene rings is 1. The predicted octanol–water partition coefficient (Wildman–Crippen LogP) is 1.84. The van der Waals surface area contributed by atoms with Crippen LogP contribution >= 0.6 is 11.3 Å². The Morgan fingerprint density at radius 1 is 1.37 bits per heavy atom. The van der Waals surface area contributed by atoms with Crippen LogP contribution in [0.4, 0.5) is 4.39 Å². The Bertz CT molecular complexity index is 601. The minimum atomic E-state index is -1.45. The summed E-state index contributed by atoms with van der Waals surface area (Å²) in [5.74, 6) is -2.68. The highest BCUT2D eigenvalue weighted by molar-refractivity contribution is 7.07. The van der Waals surface area contributed by atoms with Crippen LogP contribution in [-0.4, -0.2) is 22.0 Å². The van der Waals surface area contributed by atoms with Crippen molar-refractivity contribution in [3.8, 4) is 0 Å². The van der Waals surface area contributed by atoms with E-state index in [1.54, 1.807) is 0 Å². The maximum absolute atomic E-state index is 13.6. The van der Waals surface area contributed by atoms with Crippen LogP contribution in [-0.2, 0) is 4.79 Å². The molecule has 1 heterocycles. The van der Waals surface area contributed by atoms with Gasteiger partial charge in [-0.25, -0.2) is 14.2 Å². The van der Waals surface area contributed by atoms with Crippen molar-refractivity contribution in [2.45, 2.75) is 6.04 Å². The number of hydrogen-bond acceptors (Lipinski definition) is 4. The first kappa shape index (κ1) is 13.2. The van der Waals surface area contributed by atoms with Gasteiger partial charge in [0, 0.05) is 10.9 Å². The SMILES string of the molecule is O=C(NC(C(=O)O)c1ccccc1F)c1cscn1. The highest BCUT2D eigenvalue weighted by Gasteiger charge is 2.25. The molecular formula is C12H9FN2O3S. The fraction of sp³-hybridized carbons (Fsp3) is 0.0833. The van der Waals surface area contributed by atoms with E-state index in [0.717, 1.165) is 6.07 Å². The number of halogens is 1. The van der Waals surface area contributed by atoms with Crippen LogP contribution in [0.5, 0.6) is 0 Å². The van der Waals surface area contributed by atoms with E-state index in [0.29, 0.717) is 0 Å². The van der Waals surface area contributed by atoms with Gasteiger partial charge >= 0.3 is 5.97 Å². The third-order valence-corrected chi connectivity index (χ3v) is 2.99. The number of thiazole rings is 1. The monoisotopic (exact) mass is 280 g/mol. The molecule has 1 atom stereocenters. The Balaban J connectivity index is 2.25. The van der Waals surface area contributed by atoms with Gasteiger partial charge in [0.2, 0.25) is 0 Å². The van der Waals surface area contributed by atoms with Crippen molar-refractivity contribution in [1.82, 2.24) is 10.3 Å². The van der Waals surface area contributed by atoms with Gasteiger partial charge in [-0.3, -0.25) is 4.79 Å². The third kappa shape index (κ3) is 2.94. The summed E-state index contributed by atoms with van der Waals surface area (Å²) in [6.45, 7) is 0. The molecule has 2 rings (SSSR count). The van der Waals surface area contributed by atoms with Gasteiger partial charge in [0.05, 0.1) is 5.51 Å². The molecule has 7 heteroatoms. The van der Waals surface area contributed by atoms with Crippen molar-refractivity contribution < 1.29 is 19.1 Å². The lowest BCUT2D eigenvalue weighted by Gasteiger charge is -2.14. The summed E-state index contributed by atoms with van der Waals surface area (Å²) in [6, 6.07) is 3.95. The molecular weight excluding hydrogens is 271 g/mol. The lowest BCUT2D eigenvalue weighted by Crippen LogP contribution is -2.34. The second-order valence-electron chi connectivity index (χ2n) is 3.64. The van der Waals surface area contributed by atoms with Crippen molar-refractivity contribution >= 4 is 23.2 Å². The molecule has 0 bridgehead atoms. The van der Waals surface area contributed by atoms with Crippen LogP contribution in [0.2, 0.25) is 0 Å². The van der Waals surface area contributed by atoms with E-state index in [-0.39, 0.29) is 11.3 Å². The molecule has 2 aromatic rings. The lowest BCUT2D eigenvalue weighted by atomic mass is 10.1. The van der Waals surface area contributed by atoms with Crippen molar-refractivity contribution in [3.63, 3.8) is 0 Å². The minimum absolute atomic E-state index is 0.0985. The number of carboxylic acid groups (broad SMARTS) is 1. The van der Waals surface area contributed by atoms with Gasteiger partial charge < -0.3 is 10.4 Å². The predicted molar refractivity (Wildman–Crippen MR) is 66.4 cm³/mol. The standard InChI is InChI=1S/C12H9FN2O3S/c13-8-4-2-1-3-7(8)10(12(17)18)15-11(16)9-5-19-6-14-9/h1-6,10H,(H,15,16)(H,17,18). The average Bonchev–Trinajstić information content (AvgIpc) is 2.90. The topological polar surface area (TPSA) is 79.3 Å². The van der Waals surface area contributed by atoms with Gasteiger partial charge in [-0.1, -0.05) is 18.2 Å². The lowest BCUT2D eigenvalue weighted by molar-refractivity contribution is -0.139. The van der Waals surface area contributed by atoms with E-state index in [1.165, 1.54) is 40.4 Å². The van der Waals surface area contributed by atoms with E-state index in [4.69, 9.17) is 5.11 Å². The fourth-order valence-electron chi connectivity index (χ4n) is 1.51. The summed E-state index contributed by atoms with van der Waals surface area (Å²) < 4.78 is 13.6. The molecule has 0 fully saturated rings. The van der Waals surface area contributed by atoms with Gasteiger partial charge in [-0.2, -0.15) is 0 Å². The molecule has 1 aromatic heterocycles. The van der Waals surface area contributed by atoms with Crippen molar-refractivity contribution in [1.29, 1.82) is 0 Å². The maximum atomic E-state index is 13.6. The molecule has 19 heavy (non-hydrogen) atoms. The van der Waals surface area contributed by atoms with E-state index in [1.807, 2.05) is 0 Å². The van der Waals surface area contributed by atoms with Gasteiger partial charge in [0.15, 0.2) is 6.04 Å². The number of hydrogen-bond donors (Lipinski definition) is 2. The zero-order chi connectivity index (χ0) is 13.8. The molecule has 1 unspecified atom stereocenters. The zero-order valence-corrected chi connectivity index (χ0v) is 10.4. The molecule has 1 aromatic carbocycles. The summed E-state index contributed by atoms with van der Waals surface area (Å²) >= 11 is 1.21. The van der Waals surface area contributed by atoms with Crippen LogP contribution in [0.15, 0.2) is 35.2 Å². The zero-order valence-electron chi connectivity index (χ0n) is 9.54. The molecule has 98 valence electrons. The number of nitrogens with one attached hydrogen (secondary N) is 1. The fourth-order valence-corrected chi connectivity index (χ4v) is 2.04. The van der Waals surface area contributed by atoms with Gasteiger partial charge in [0.25, 0.3) is 5.91 Å². The minimum Gasteiger partial charge on any atom is -0.479 e. The normalized spacial score (nSPS) is 11.8. The number of amides is 1. The number of aliphatic carboxylic acids is 1. The van der Waals surface area contributed by atoms with Gasteiger partial charge in [-0.15, -0.1) is 11.3 Å². The first-order chi connectivity index (χ1) is 9.09. The van der Waals surface area contributed by atoms with Gasteiger partial charge in [-0.05, 0) is 6.07 Å². The largest absolute Gasteiger partial charge is 0.479 e. The van der Waals surface area contributed by atoms with Crippen molar-refractivity contribution in [2.24, 2.45) is 0 Å². The summed E-state index contributed by atoms with van der Waals surface area (Å²) in [7, 11) is 0. The average molecular weight is 280 g/mol. The Kier molecular flexibility index (Phi) is 3.86. The first-order valence-electron chi connectivity index (χ1n) is 5.26. The molecule has 5 nitrogen and oxygen atoms in total. The molecule has 0 spiro atoms. The molecule has 0 aliphatic heterocycles. The van der Waals surface area contributed by atoms with Crippen LogP contribution in [0, 0.1) is 5.82 Å². The number of carbonyl (C=O) groups is 2. The quantitative estimate of drug-likeness (QED) is 0.895. The van der Waals surface area contributed by atoms with Gasteiger partial charge in [0.1, 0.15) is 11.5 Å². The second kappa shape index (κ2) is 5.57.